The van der Waals surface area contributed by atoms with Crippen molar-refractivity contribution in [3.05, 3.63) is 42.0 Å². The van der Waals surface area contributed by atoms with Crippen molar-refractivity contribution < 1.29 is 46.2 Å². The molecule has 0 saturated carbocycles. The lowest BCUT2D eigenvalue weighted by atomic mass is 9.99. The molecule has 0 spiro atoms. The van der Waals surface area contributed by atoms with Gasteiger partial charge >= 0.3 is 18.1 Å². The normalized spacial score (nSPS) is 15.8. The number of carbonyl (C=O) groups excluding carboxylic acids is 1. The molecule has 1 amide bonds. The molecule has 0 unspecified atom stereocenters. The number of nitrogens with one attached hydrogen (secondary N) is 1. The Labute approximate surface area is 232 Å². The summed E-state index contributed by atoms with van der Waals surface area (Å²) in [4.78, 5) is 33.3. The fourth-order valence-electron chi connectivity index (χ4n) is 4.37. The van der Waals surface area contributed by atoms with Crippen molar-refractivity contribution in [2.45, 2.75) is 76.2 Å². The summed E-state index contributed by atoms with van der Waals surface area (Å²) in [7, 11) is -2.39. The van der Waals surface area contributed by atoms with E-state index < -0.39 is 45.8 Å². The van der Waals surface area contributed by atoms with Crippen LogP contribution in [0.15, 0.2) is 41.3 Å². The number of carbonyl (C=O) groups is 3. The lowest BCUT2D eigenvalue weighted by molar-refractivity contribution is -0.138. The molecule has 0 aromatic heterocycles. The fourth-order valence-corrected chi connectivity index (χ4v) is 6.30. The summed E-state index contributed by atoms with van der Waals surface area (Å²) in [5, 5.41) is 18.7. The van der Waals surface area contributed by atoms with E-state index in [-0.39, 0.29) is 16.8 Å². The van der Waals surface area contributed by atoms with Crippen LogP contribution in [-0.2, 0) is 30.6 Å². The summed E-state index contributed by atoms with van der Waals surface area (Å²) in [6.45, 7) is 8.32. The number of halogens is 3. The largest absolute Gasteiger partial charge is 0.478 e. The van der Waals surface area contributed by atoms with Crippen LogP contribution in [0.4, 0.5) is 13.2 Å². The molecule has 0 radical (unpaired) electrons. The highest BCUT2D eigenvalue weighted by Gasteiger charge is 2.38. The monoisotopic (exact) mass is 593 g/mol. The predicted octanol–water partition coefficient (Wildman–Crippen LogP) is 3.44. The summed E-state index contributed by atoms with van der Waals surface area (Å²) in [5.41, 5.74) is -0.994. The minimum absolute atomic E-state index is 0.00326. The van der Waals surface area contributed by atoms with Gasteiger partial charge in [0.05, 0.1) is 16.5 Å². The van der Waals surface area contributed by atoms with Crippen molar-refractivity contribution in [2.75, 3.05) is 20.1 Å². The summed E-state index contributed by atoms with van der Waals surface area (Å²) in [6.07, 6.45) is -1.94. The maximum atomic E-state index is 13.3. The molecule has 0 bridgehead atoms. The zero-order valence-corrected chi connectivity index (χ0v) is 24.0. The number of nitrogens with zero attached hydrogens (tertiary/aromatic N) is 2. The molecule has 0 aliphatic carbocycles. The number of piperidine rings is 1. The van der Waals surface area contributed by atoms with Gasteiger partial charge in [0.1, 0.15) is 0 Å². The second kappa shape index (κ2) is 15.1. The Balaban J connectivity index is 0.000000869. The number of hydrogen-bond donors (Lipinski definition) is 3. The third kappa shape index (κ3) is 10.5. The second-order valence-corrected chi connectivity index (χ2v) is 11.8. The van der Waals surface area contributed by atoms with Crippen molar-refractivity contribution >= 4 is 27.9 Å². The van der Waals surface area contributed by atoms with Crippen LogP contribution in [0, 0.1) is 5.92 Å². The highest BCUT2D eigenvalue weighted by atomic mass is 32.2. The van der Waals surface area contributed by atoms with E-state index in [4.69, 9.17) is 10.2 Å². The smallest absolute Gasteiger partial charge is 0.416 e. The van der Waals surface area contributed by atoms with E-state index in [0.717, 1.165) is 12.1 Å². The van der Waals surface area contributed by atoms with Crippen LogP contribution in [0.2, 0.25) is 0 Å². The second-order valence-electron chi connectivity index (χ2n) is 9.99. The minimum Gasteiger partial charge on any atom is -0.478 e. The quantitative estimate of drug-likeness (QED) is 0.350. The molecule has 1 fully saturated rings. The number of sulfonamides is 1. The van der Waals surface area contributed by atoms with Gasteiger partial charge in [-0.1, -0.05) is 19.9 Å². The molecule has 226 valence electrons. The minimum atomic E-state index is -4.63. The molecule has 40 heavy (non-hydrogen) atoms. The number of hydrogen-bond acceptors (Lipinski definition) is 6. The molecule has 1 saturated heterocycles. The maximum absolute atomic E-state index is 13.3. The third-order valence-electron chi connectivity index (χ3n) is 6.10. The Morgan fingerprint density at radius 2 is 1.60 bits per heavy atom. The molecule has 14 heteroatoms. The van der Waals surface area contributed by atoms with E-state index in [1.54, 1.807) is 25.8 Å². The average Bonchev–Trinajstić information content (AvgIpc) is 2.85. The predicted molar refractivity (Wildman–Crippen MR) is 142 cm³/mol. The highest BCUT2D eigenvalue weighted by molar-refractivity contribution is 7.89. The van der Waals surface area contributed by atoms with Crippen LogP contribution in [0.25, 0.3) is 0 Å². The molecular weight excluding hydrogens is 555 g/mol. The summed E-state index contributed by atoms with van der Waals surface area (Å²) in [6, 6.07) is 2.74. The number of carboxylic acids is 2. The average molecular weight is 594 g/mol. The van der Waals surface area contributed by atoms with Crippen LogP contribution in [0.3, 0.4) is 0 Å². The van der Waals surface area contributed by atoms with Gasteiger partial charge in [-0.25, -0.2) is 18.0 Å². The number of amides is 1. The van der Waals surface area contributed by atoms with Crippen molar-refractivity contribution in [3.63, 3.8) is 0 Å². The number of benzene rings is 1. The van der Waals surface area contributed by atoms with E-state index in [1.807, 2.05) is 13.8 Å². The standard InChI is InChI=1S/C22H34F3N3O3S.C4H4O4/c1-15(2)13-20(26-5)21(29)27-11-9-18(10-12-27)28(16(3)4)32(30,31)19-8-6-7-17(14-19)22(23,24)25;5-3(6)1-2-4(7)8/h6-8,14-16,18,20,26H,9-13H2,1-5H3;1-2H,(H,5,6)(H,7,8)/b;2-1+/t20-;/m0./s1. The van der Waals surface area contributed by atoms with Crippen LogP contribution < -0.4 is 5.32 Å². The van der Waals surface area contributed by atoms with Gasteiger partial charge in [0.15, 0.2) is 0 Å². The Kier molecular flexibility index (Phi) is 13.3. The van der Waals surface area contributed by atoms with Gasteiger partial charge in [-0.3, -0.25) is 4.79 Å². The highest BCUT2D eigenvalue weighted by Crippen LogP contribution is 2.33. The van der Waals surface area contributed by atoms with E-state index in [2.05, 4.69) is 5.32 Å². The van der Waals surface area contributed by atoms with Gasteiger partial charge in [-0.15, -0.1) is 0 Å². The molecule has 10 nitrogen and oxygen atoms in total. The van der Waals surface area contributed by atoms with Crippen molar-refractivity contribution in [1.82, 2.24) is 14.5 Å². The molecule has 1 aliphatic rings. The first-order chi connectivity index (χ1) is 18.4. The maximum Gasteiger partial charge on any atom is 0.416 e. The number of likely N-dealkylation sites (N-methyl/N-ethyl adjacent to an activating group) is 1. The van der Waals surface area contributed by atoms with Crippen LogP contribution in [0.1, 0.15) is 52.5 Å². The first-order valence-corrected chi connectivity index (χ1v) is 14.2. The summed E-state index contributed by atoms with van der Waals surface area (Å²) in [5.74, 6) is -2.17. The van der Waals surface area contributed by atoms with Gasteiger partial charge in [0, 0.05) is 37.3 Å². The SMILES string of the molecule is CN[C@@H](CC(C)C)C(=O)N1CCC(N(C(C)C)S(=O)(=O)c2cccc(C(F)(F)F)c2)CC1.O=C(O)/C=C/C(=O)O. The number of likely N-dealkylation sites (tertiary alicyclic amines) is 1. The first kappa shape index (κ1) is 35.1. The first-order valence-electron chi connectivity index (χ1n) is 12.7. The van der Waals surface area contributed by atoms with Crippen LogP contribution >= 0.6 is 0 Å². The molecule has 1 aromatic rings. The van der Waals surface area contributed by atoms with Crippen molar-refractivity contribution in [2.24, 2.45) is 5.92 Å². The van der Waals surface area contributed by atoms with Gasteiger partial charge in [-0.05, 0) is 64.3 Å². The lowest BCUT2D eigenvalue weighted by Gasteiger charge is -2.40. The molecule has 1 heterocycles. The summed E-state index contributed by atoms with van der Waals surface area (Å²) < 4.78 is 67.3. The molecule has 2 rings (SSSR count). The molecule has 3 N–H and O–H groups in total. The zero-order chi connectivity index (χ0) is 30.8. The van der Waals surface area contributed by atoms with Gasteiger partial charge in [0.2, 0.25) is 15.9 Å². The Morgan fingerprint density at radius 1 is 1.07 bits per heavy atom. The number of carboxylic acid groups (broad SMARTS) is 2. The van der Waals surface area contributed by atoms with Gasteiger partial charge in [-0.2, -0.15) is 17.5 Å². The molecule has 1 aromatic carbocycles. The van der Waals surface area contributed by atoms with E-state index >= 15 is 0 Å². The zero-order valence-electron chi connectivity index (χ0n) is 23.2. The lowest BCUT2D eigenvalue weighted by Crippen LogP contribution is -2.54. The molecular formula is C26H38F3N3O7S. The Bertz CT molecular complexity index is 1130. The van der Waals surface area contributed by atoms with E-state index in [1.165, 1.54) is 10.4 Å². The van der Waals surface area contributed by atoms with Crippen molar-refractivity contribution in [3.8, 4) is 0 Å². The fraction of sp³-hybridized carbons (Fsp3) is 0.577. The van der Waals surface area contributed by atoms with Crippen LogP contribution in [-0.4, -0.2) is 83.9 Å². The number of rotatable bonds is 10. The Morgan fingerprint density at radius 3 is 2.00 bits per heavy atom. The third-order valence-corrected chi connectivity index (χ3v) is 8.23. The summed E-state index contributed by atoms with van der Waals surface area (Å²) >= 11 is 0. The number of aliphatic carboxylic acids is 2. The number of alkyl halides is 3. The molecule has 1 atom stereocenters. The van der Waals surface area contributed by atoms with E-state index in [0.29, 0.717) is 56.5 Å². The van der Waals surface area contributed by atoms with E-state index in [9.17, 15) is 36.0 Å². The van der Waals surface area contributed by atoms with Gasteiger partial charge < -0.3 is 20.4 Å². The topological polar surface area (TPSA) is 144 Å². The van der Waals surface area contributed by atoms with Crippen molar-refractivity contribution in [1.29, 1.82) is 0 Å². The molecule has 1 aliphatic heterocycles. The Hall–Kier alpha value is -2.97. The van der Waals surface area contributed by atoms with Gasteiger partial charge in [0.25, 0.3) is 0 Å². The van der Waals surface area contributed by atoms with Crippen LogP contribution in [0.5, 0.6) is 0 Å².